The molecule has 1 aromatic carbocycles. The number of amides is 2. The van der Waals surface area contributed by atoms with Gasteiger partial charge in [-0.25, -0.2) is 0 Å². The maximum atomic E-state index is 12.9. The van der Waals surface area contributed by atoms with Crippen molar-refractivity contribution >= 4 is 29.1 Å². The first-order valence-electron chi connectivity index (χ1n) is 12.6. The lowest BCUT2D eigenvalue weighted by molar-refractivity contribution is -0.140. The summed E-state index contributed by atoms with van der Waals surface area (Å²) in [7, 11) is 0. The highest BCUT2D eigenvalue weighted by Gasteiger charge is 2.33. The standard InChI is InChI=1S/C26H38ClN3O3/c1-18-16-29(10-11-30(18)26(32)20-7-3-4-8-20)17-21-13-22(27)14-24(19(21)2)28-25(31)15-23-9-5-6-12-33-23/h13-14,18,20,23H,3-12,15-17H2,1-2H3,(H,28,31)/t18-,23?/m0/s1. The van der Waals surface area contributed by atoms with Gasteiger partial charge in [-0.2, -0.15) is 0 Å². The molecule has 7 heteroatoms. The summed E-state index contributed by atoms with van der Waals surface area (Å²) in [6.45, 7) is 8.19. The molecule has 1 saturated carbocycles. The van der Waals surface area contributed by atoms with E-state index < -0.39 is 0 Å². The highest BCUT2D eigenvalue weighted by atomic mass is 35.5. The van der Waals surface area contributed by atoms with Gasteiger partial charge in [-0.3, -0.25) is 14.5 Å². The second-order valence-electron chi connectivity index (χ2n) is 10.1. The average molecular weight is 476 g/mol. The van der Waals surface area contributed by atoms with Crippen LogP contribution < -0.4 is 5.32 Å². The molecule has 0 radical (unpaired) electrons. The molecule has 1 aromatic rings. The number of carbonyl (C=O) groups excluding carboxylic acids is 2. The van der Waals surface area contributed by atoms with Crippen molar-refractivity contribution in [1.82, 2.24) is 9.80 Å². The van der Waals surface area contributed by atoms with E-state index in [9.17, 15) is 9.59 Å². The van der Waals surface area contributed by atoms with Gasteiger partial charge in [-0.15, -0.1) is 0 Å². The topological polar surface area (TPSA) is 61.9 Å². The number of rotatable bonds is 6. The predicted octanol–water partition coefficient (Wildman–Crippen LogP) is 4.77. The Morgan fingerprint density at radius 3 is 2.58 bits per heavy atom. The Morgan fingerprint density at radius 2 is 1.88 bits per heavy atom. The van der Waals surface area contributed by atoms with E-state index in [1.165, 1.54) is 12.8 Å². The molecule has 0 bridgehead atoms. The third-order valence-corrected chi connectivity index (χ3v) is 7.75. The number of benzene rings is 1. The van der Waals surface area contributed by atoms with Gasteiger partial charge in [-0.1, -0.05) is 24.4 Å². The zero-order chi connectivity index (χ0) is 23.4. The van der Waals surface area contributed by atoms with E-state index in [1.807, 2.05) is 19.1 Å². The van der Waals surface area contributed by atoms with E-state index in [0.29, 0.717) is 17.4 Å². The second kappa shape index (κ2) is 11.2. The summed E-state index contributed by atoms with van der Waals surface area (Å²) in [5.41, 5.74) is 2.95. The third kappa shape index (κ3) is 6.28. The van der Waals surface area contributed by atoms with Crippen molar-refractivity contribution in [3.63, 3.8) is 0 Å². The summed E-state index contributed by atoms with van der Waals surface area (Å²) >= 11 is 6.43. The van der Waals surface area contributed by atoms with Gasteiger partial charge in [-0.05, 0) is 69.2 Å². The average Bonchev–Trinajstić information content (AvgIpc) is 3.32. The number of piperazine rings is 1. The summed E-state index contributed by atoms with van der Waals surface area (Å²) in [6, 6.07) is 4.04. The second-order valence-corrected chi connectivity index (χ2v) is 10.5. The van der Waals surface area contributed by atoms with Gasteiger partial charge >= 0.3 is 0 Å². The zero-order valence-electron chi connectivity index (χ0n) is 20.1. The van der Waals surface area contributed by atoms with Crippen molar-refractivity contribution in [2.24, 2.45) is 5.92 Å². The van der Waals surface area contributed by atoms with Crippen molar-refractivity contribution in [2.45, 2.75) is 83.9 Å². The maximum Gasteiger partial charge on any atom is 0.226 e. The first-order valence-corrected chi connectivity index (χ1v) is 13.0. The quantitative estimate of drug-likeness (QED) is 0.643. The van der Waals surface area contributed by atoms with Crippen LogP contribution in [0.2, 0.25) is 5.02 Å². The maximum absolute atomic E-state index is 12.9. The van der Waals surface area contributed by atoms with Crippen LogP contribution in [-0.2, 0) is 20.9 Å². The minimum atomic E-state index is -0.0223. The molecule has 182 valence electrons. The molecule has 1 aliphatic carbocycles. The molecular formula is C26H38ClN3O3. The summed E-state index contributed by atoms with van der Waals surface area (Å²) in [4.78, 5) is 30.0. The lowest BCUT2D eigenvalue weighted by Gasteiger charge is -2.41. The molecule has 3 fully saturated rings. The third-order valence-electron chi connectivity index (χ3n) is 7.53. The minimum absolute atomic E-state index is 0.0161. The molecule has 1 unspecified atom stereocenters. The van der Waals surface area contributed by atoms with E-state index >= 15 is 0 Å². The largest absolute Gasteiger partial charge is 0.378 e. The summed E-state index contributed by atoms with van der Waals surface area (Å²) < 4.78 is 5.71. The van der Waals surface area contributed by atoms with Crippen LogP contribution >= 0.6 is 11.6 Å². The molecule has 2 saturated heterocycles. The molecule has 1 N–H and O–H groups in total. The number of hydrogen-bond acceptors (Lipinski definition) is 4. The Balaban J connectivity index is 1.35. The fourth-order valence-electron chi connectivity index (χ4n) is 5.56. The first-order chi connectivity index (χ1) is 15.9. The summed E-state index contributed by atoms with van der Waals surface area (Å²) in [5, 5.41) is 3.69. The highest BCUT2D eigenvalue weighted by Crippen LogP contribution is 2.30. The van der Waals surface area contributed by atoms with Gasteiger partial charge in [0.2, 0.25) is 11.8 Å². The summed E-state index contributed by atoms with van der Waals surface area (Å²) in [5.74, 6) is 0.566. The monoisotopic (exact) mass is 475 g/mol. The van der Waals surface area contributed by atoms with Gasteiger partial charge < -0.3 is 15.0 Å². The van der Waals surface area contributed by atoms with Crippen molar-refractivity contribution in [3.8, 4) is 0 Å². The van der Waals surface area contributed by atoms with E-state index in [0.717, 1.165) is 81.7 Å². The normalized spacial score (nSPS) is 24.8. The van der Waals surface area contributed by atoms with Gasteiger partial charge in [0.15, 0.2) is 0 Å². The molecule has 4 rings (SSSR count). The van der Waals surface area contributed by atoms with E-state index in [-0.39, 0.29) is 24.0 Å². The molecule has 0 aromatic heterocycles. The van der Waals surface area contributed by atoms with E-state index in [4.69, 9.17) is 16.3 Å². The lowest BCUT2D eigenvalue weighted by atomic mass is 10.0. The SMILES string of the molecule is Cc1c(CN2CCN(C(=O)C3CCCC3)[C@@H](C)C2)cc(Cl)cc1NC(=O)CC1CCCCO1. The fraction of sp³-hybridized carbons (Fsp3) is 0.692. The fourth-order valence-corrected chi connectivity index (χ4v) is 5.80. The Bertz CT molecular complexity index is 849. The van der Waals surface area contributed by atoms with Gasteiger partial charge in [0, 0.05) is 55.5 Å². The Labute approximate surface area is 203 Å². The number of carbonyl (C=O) groups is 2. The van der Waals surface area contributed by atoms with Crippen LogP contribution in [-0.4, -0.2) is 60.0 Å². The molecule has 0 spiro atoms. The Kier molecular flexibility index (Phi) is 8.31. The first kappa shape index (κ1) is 24.5. The van der Waals surface area contributed by atoms with Crippen molar-refractivity contribution in [3.05, 3.63) is 28.3 Å². The molecule has 3 aliphatic rings. The van der Waals surface area contributed by atoms with Crippen molar-refractivity contribution in [1.29, 1.82) is 0 Å². The molecule has 33 heavy (non-hydrogen) atoms. The van der Waals surface area contributed by atoms with Gasteiger partial charge in [0.25, 0.3) is 0 Å². The number of hydrogen-bond donors (Lipinski definition) is 1. The van der Waals surface area contributed by atoms with E-state index in [2.05, 4.69) is 22.0 Å². The minimum Gasteiger partial charge on any atom is -0.378 e. The van der Waals surface area contributed by atoms with Crippen LogP contribution in [0.4, 0.5) is 5.69 Å². The van der Waals surface area contributed by atoms with E-state index in [1.54, 1.807) is 0 Å². The van der Waals surface area contributed by atoms with Crippen LogP contribution in [0.25, 0.3) is 0 Å². The molecule has 2 aliphatic heterocycles. The highest BCUT2D eigenvalue weighted by molar-refractivity contribution is 6.31. The summed E-state index contributed by atoms with van der Waals surface area (Å²) in [6.07, 6.45) is 8.02. The number of halogens is 1. The number of anilines is 1. The Morgan fingerprint density at radius 1 is 1.12 bits per heavy atom. The molecule has 6 nitrogen and oxygen atoms in total. The van der Waals surface area contributed by atoms with Crippen LogP contribution in [0.15, 0.2) is 12.1 Å². The smallest absolute Gasteiger partial charge is 0.226 e. The van der Waals surface area contributed by atoms with Gasteiger partial charge in [0.05, 0.1) is 12.5 Å². The van der Waals surface area contributed by atoms with Crippen molar-refractivity contribution < 1.29 is 14.3 Å². The number of ether oxygens (including phenoxy) is 1. The number of nitrogens with one attached hydrogen (secondary N) is 1. The van der Waals surface area contributed by atoms with Crippen LogP contribution in [0, 0.1) is 12.8 Å². The predicted molar refractivity (Wildman–Crippen MR) is 131 cm³/mol. The van der Waals surface area contributed by atoms with Crippen LogP contribution in [0.1, 0.15) is 69.4 Å². The van der Waals surface area contributed by atoms with Gasteiger partial charge in [0.1, 0.15) is 0 Å². The van der Waals surface area contributed by atoms with Crippen molar-refractivity contribution in [2.75, 3.05) is 31.6 Å². The molecule has 2 atom stereocenters. The zero-order valence-corrected chi connectivity index (χ0v) is 20.8. The lowest BCUT2D eigenvalue weighted by Crippen LogP contribution is -2.54. The Hall–Kier alpha value is -1.63. The van der Waals surface area contributed by atoms with Crippen LogP contribution in [0.3, 0.4) is 0 Å². The molecule has 2 heterocycles. The number of nitrogens with zero attached hydrogens (tertiary/aromatic N) is 2. The van der Waals surface area contributed by atoms with Crippen LogP contribution in [0.5, 0.6) is 0 Å². The molecule has 2 amide bonds. The molecular weight excluding hydrogens is 438 g/mol.